The van der Waals surface area contributed by atoms with Gasteiger partial charge in [-0.25, -0.2) is 0 Å². The van der Waals surface area contributed by atoms with Crippen molar-refractivity contribution in [3.63, 3.8) is 0 Å². The van der Waals surface area contributed by atoms with Crippen LogP contribution in [0.3, 0.4) is 0 Å². The van der Waals surface area contributed by atoms with Gasteiger partial charge >= 0.3 is 0 Å². The summed E-state index contributed by atoms with van der Waals surface area (Å²) < 4.78 is 6.89. The Morgan fingerprint density at radius 3 is 2.74 bits per heavy atom. The molecular formula is C16H24BrNO. The first-order valence-electron chi connectivity index (χ1n) is 7.13. The quantitative estimate of drug-likeness (QED) is 0.850. The molecule has 1 aliphatic rings. The Balaban J connectivity index is 1.75. The summed E-state index contributed by atoms with van der Waals surface area (Å²) in [4.78, 5) is 0. The van der Waals surface area contributed by atoms with E-state index in [1.165, 1.54) is 22.9 Å². The summed E-state index contributed by atoms with van der Waals surface area (Å²) in [5.41, 5.74) is 1.40. The van der Waals surface area contributed by atoms with Crippen LogP contribution in [0.4, 0.5) is 0 Å². The summed E-state index contributed by atoms with van der Waals surface area (Å²) in [7, 11) is 0. The van der Waals surface area contributed by atoms with Crippen LogP contribution in [0.5, 0.6) is 0 Å². The van der Waals surface area contributed by atoms with E-state index in [0.717, 1.165) is 13.2 Å². The molecule has 19 heavy (non-hydrogen) atoms. The predicted molar refractivity (Wildman–Crippen MR) is 83.6 cm³/mol. The molecule has 0 aliphatic heterocycles. The molecular weight excluding hydrogens is 302 g/mol. The molecule has 0 unspecified atom stereocenters. The van der Waals surface area contributed by atoms with Gasteiger partial charge in [0.1, 0.15) is 0 Å². The van der Waals surface area contributed by atoms with Gasteiger partial charge in [0.15, 0.2) is 0 Å². The topological polar surface area (TPSA) is 21.3 Å². The van der Waals surface area contributed by atoms with Crippen molar-refractivity contribution < 1.29 is 4.74 Å². The summed E-state index contributed by atoms with van der Waals surface area (Å²) in [6.07, 6.45) is 2.47. The molecule has 0 saturated heterocycles. The lowest BCUT2D eigenvalue weighted by atomic mass is 9.76. The van der Waals surface area contributed by atoms with E-state index in [1.54, 1.807) is 0 Å². The molecule has 1 aliphatic carbocycles. The Kier molecular flexibility index (Phi) is 5.04. The zero-order valence-corrected chi connectivity index (χ0v) is 13.7. The zero-order chi connectivity index (χ0) is 13.9. The third-order valence-corrected chi connectivity index (χ3v) is 4.30. The van der Waals surface area contributed by atoms with Crippen LogP contribution in [0.15, 0.2) is 28.7 Å². The van der Waals surface area contributed by atoms with Crippen LogP contribution in [-0.4, -0.2) is 24.8 Å². The Morgan fingerprint density at radius 2 is 2.11 bits per heavy atom. The van der Waals surface area contributed by atoms with Crippen LogP contribution in [0.2, 0.25) is 0 Å². The molecule has 1 saturated carbocycles. The number of halogens is 1. The minimum Gasteiger partial charge on any atom is -0.375 e. The van der Waals surface area contributed by atoms with E-state index in [2.05, 4.69) is 59.4 Å². The van der Waals surface area contributed by atoms with Gasteiger partial charge in [0.05, 0.1) is 5.60 Å². The van der Waals surface area contributed by atoms with E-state index in [0.29, 0.717) is 12.0 Å². The maximum Gasteiger partial charge on any atom is 0.0750 e. The smallest absolute Gasteiger partial charge is 0.0750 e. The van der Waals surface area contributed by atoms with Crippen LogP contribution in [0.25, 0.3) is 0 Å². The van der Waals surface area contributed by atoms with Crippen LogP contribution in [0.1, 0.15) is 45.1 Å². The molecule has 0 amide bonds. The molecule has 0 atom stereocenters. The van der Waals surface area contributed by atoms with E-state index >= 15 is 0 Å². The summed E-state index contributed by atoms with van der Waals surface area (Å²) >= 11 is 3.54. The van der Waals surface area contributed by atoms with Crippen LogP contribution in [-0.2, 0) is 4.74 Å². The predicted octanol–water partition coefficient (Wildman–Crippen LogP) is 4.10. The maximum absolute atomic E-state index is 5.71. The molecule has 2 nitrogen and oxygen atoms in total. The SMILES string of the molecule is CCOC(C)(C)CNC1CC(c2cccc(Br)c2)C1. The molecule has 1 fully saturated rings. The molecule has 0 heterocycles. The first-order chi connectivity index (χ1) is 9.00. The maximum atomic E-state index is 5.71. The largest absolute Gasteiger partial charge is 0.375 e. The highest BCUT2D eigenvalue weighted by atomic mass is 79.9. The van der Waals surface area contributed by atoms with Crippen LogP contribution < -0.4 is 5.32 Å². The minimum atomic E-state index is -0.0599. The van der Waals surface area contributed by atoms with Crippen molar-refractivity contribution in [1.82, 2.24) is 5.32 Å². The highest BCUT2D eigenvalue weighted by Crippen LogP contribution is 2.37. The Morgan fingerprint density at radius 1 is 1.37 bits per heavy atom. The van der Waals surface area contributed by atoms with Gasteiger partial charge in [0.2, 0.25) is 0 Å². The summed E-state index contributed by atoms with van der Waals surface area (Å²) in [6.45, 7) is 8.05. The van der Waals surface area contributed by atoms with E-state index in [4.69, 9.17) is 4.74 Å². The molecule has 1 aromatic rings. The number of nitrogens with one attached hydrogen (secondary N) is 1. The van der Waals surface area contributed by atoms with Crippen molar-refractivity contribution in [1.29, 1.82) is 0 Å². The van der Waals surface area contributed by atoms with E-state index < -0.39 is 0 Å². The van der Waals surface area contributed by atoms with Crippen molar-refractivity contribution in [2.75, 3.05) is 13.2 Å². The average Bonchev–Trinajstić information content (AvgIpc) is 2.26. The third kappa shape index (κ3) is 4.30. The van der Waals surface area contributed by atoms with Crippen molar-refractivity contribution in [2.24, 2.45) is 0 Å². The van der Waals surface area contributed by atoms with Gasteiger partial charge in [-0.1, -0.05) is 28.1 Å². The summed E-state index contributed by atoms with van der Waals surface area (Å²) in [5, 5.41) is 3.62. The van der Waals surface area contributed by atoms with Crippen molar-refractivity contribution in [3.8, 4) is 0 Å². The van der Waals surface area contributed by atoms with Gasteiger partial charge in [-0.2, -0.15) is 0 Å². The number of rotatable bonds is 6. The van der Waals surface area contributed by atoms with Crippen LogP contribution in [0, 0.1) is 0 Å². The summed E-state index contributed by atoms with van der Waals surface area (Å²) in [6, 6.07) is 9.32. The summed E-state index contributed by atoms with van der Waals surface area (Å²) in [5.74, 6) is 0.713. The fourth-order valence-electron chi connectivity index (χ4n) is 2.65. The standard InChI is InChI=1S/C16H24BrNO/c1-4-19-16(2,3)11-18-15-9-13(10-15)12-6-5-7-14(17)8-12/h5-8,13,15,18H,4,9-11H2,1-3H3. The van der Waals surface area contributed by atoms with E-state index in [-0.39, 0.29) is 5.60 Å². The molecule has 0 bridgehead atoms. The minimum absolute atomic E-state index is 0.0599. The first-order valence-corrected chi connectivity index (χ1v) is 7.92. The lowest BCUT2D eigenvalue weighted by Gasteiger charge is -2.38. The fraction of sp³-hybridized carbons (Fsp3) is 0.625. The van der Waals surface area contributed by atoms with Crippen molar-refractivity contribution in [2.45, 2.75) is 51.2 Å². The van der Waals surface area contributed by atoms with E-state index in [1.807, 2.05) is 6.92 Å². The molecule has 1 aromatic carbocycles. The second-order valence-electron chi connectivity index (χ2n) is 5.99. The van der Waals surface area contributed by atoms with Crippen LogP contribution >= 0.6 is 15.9 Å². The lowest BCUT2D eigenvalue weighted by Crippen LogP contribution is -2.47. The Bertz CT molecular complexity index is 413. The van der Waals surface area contributed by atoms with Gasteiger partial charge < -0.3 is 10.1 Å². The number of hydrogen-bond donors (Lipinski definition) is 1. The fourth-order valence-corrected chi connectivity index (χ4v) is 3.07. The van der Waals surface area contributed by atoms with Gasteiger partial charge in [-0.05, 0) is 57.2 Å². The van der Waals surface area contributed by atoms with Crippen molar-refractivity contribution >= 4 is 15.9 Å². The van der Waals surface area contributed by atoms with Gasteiger partial charge in [-0.3, -0.25) is 0 Å². The second kappa shape index (κ2) is 6.38. The van der Waals surface area contributed by atoms with Gasteiger partial charge in [-0.15, -0.1) is 0 Å². The second-order valence-corrected chi connectivity index (χ2v) is 6.91. The molecule has 1 N–H and O–H groups in total. The number of benzene rings is 1. The number of hydrogen-bond acceptors (Lipinski definition) is 2. The van der Waals surface area contributed by atoms with Crippen molar-refractivity contribution in [3.05, 3.63) is 34.3 Å². The molecule has 106 valence electrons. The molecule has 2 rings (SSSR count). The van der Waals surface area contributed by atoms with Gasteiger partial charge in [0, 0.05) is 23.7 Å². The first kappa shape index (κ1) is 15.0. The molecule has 0 spiro atoms. The molecule has 0 radical (unpaired) electrons. The Labute approximate surface area is 125 Å². The zero-order valence-electron chi connectivity index (χ0n) is 12.1. The third-order valence-electron chi connectivity index (χ3n) is 3.81. The monoisotopic (exact) mass is 325 g/mol. The van der Waals surface area contributed by atoms with Gasteiger partial charge in [0.25, 0.3) is 0 Å². The lowest BCUT2D eigenvalue weighted by molar-refractivity contribution is -0.0128. The molecule has 0 aromatic heterocycles. The number of ether oxygens (including phenoxy) is 1. The normalized spacial score (nSPS) is 23.2. The van der Waals surface area contributed by atoms with E-state index in [9.17, 15) is 0 Å². The highest BCUT2D eigenvalue weighted by molar-refractivity contribution is 9.10. The highest BCUT2D eigenvalue weighted by Gasteiger charge is 2.31. The average molecular weight is 326 g/mol. The molecule has 3 heteroatoms. The Hall–Kier alpha value is -0.380.